The second kappa shape index (κ2) is 8.41. The number of hydrogen-bond donors (Lipinski definition) is 1. The number of rotatable bonds is 6. The Morgan fingerprint density at radius 1 is 1.19 bits per heavy atom. The molecule has 0 unspecified atom stereocenters. The predicted molar refractivity (Wildman–Crippen MR) is 117 cm³/mol. The van der Waals surface area contributed by atoms with E-state index in [9.17, 15) is 18.1 Å². The van der Waals surface area contributed by atoms with E-state index < -0.39 is 15.2 Å². The van der Waals surface area contributed by atoms with Crippen LogP contribution in [-0.4, -0.2) is 23.2 Å². The third kappa shape index (κ3) is 4.32. The van der Waals surface area contributed by atoms with Gasteiger partial charge in [0.1, 0.15) is 17.6 Å². The summed E-state index contributed by atoms with van der Waals surface area (Å²) in [6, 6.07) is 13.4. The van der Waals surface area contributed by atoms with Crippen LogP contribution in [0.5, 0.6) is 11.5 Å². The van der Waals surface area contributed by atoms with Crippen molar-refractivity contribution in [1.82, 2.24) is 14.8 Å². The van der Waals surface area contributed by atoms with Crippen molar-refractivity contribution in [2.75, 3.05) is 4.72 Å². The van der Waals surface area contributed by atoms with Gasteiger partial charge >= 0.3 is 0 Å². The van der Waals surface area contributed by atoms with Crippen molar-refractivity contribution in [2.45, 2.75) is 11.8 Å². The largest absolute Gasteiger partial charge is 0.456 e. The lowest BCUT2D eigenvalue weighted by molar-refractivity contribution is 0.477. The molecule has 162 valence electrons. The van der Waals surface area contributed by atoms with Gasteiger partial charge in [0.05, 0.1) is 22.3 Å². The Balaban J connectivity index is 1.60. The van der Waals surface area contributed by atoms with Gasteiger partial charge in [-0.3, -0.25) is 9.40 Å². The van der Waals surface area contributed by atoms with Crippen molar-refractivity contribution >= 4 is 26.5 Å². The summed E-state index contributed by atoms with van der Waals surface area (Å²) in [5, 5.41) is 13.0. The van der Waals surface area contributed by atoms with Crippen LogP contribution < -0.4 is 9.46 Å². The van der Waals surface area contributed by atoms with Crippen LogP contribution >= 0.6 is 11.3 Å². The first-order valence-corrected chi connectivity index (χ1v) is 11.5. The normalized spacial score (nSPS) is 11.2. The minimum Gasteiger partial charge on any atom is -0.456 e. The zero-order chi connectivity index (χ0) is 22.9. The van der Waals surface area contributed by atoms with Gasteiger partial charge in [-0.15, -0.1) is 0 Å². The number of hydrogen-bond acceptors (Lipinski definition) is 7. The van der Waals surface area contributed by atoms with Crippen molar-refractivity contribution in [3.8, 4) is 28.8 Å². The average molecular weight is 470 g/mol. The number of nitrogens with one attached hydrogen (secondary N) is 1. The predicted octanol–water partition coefficient (Wildman–Crippen LogP) is 4.46. The zero-order valence-corrected chi connectivity index (χ0v) is 18.5. The molecule has 0 saturated carbocycles. The van der Waals surface area contributed by atoms with Crippen LogP contribution in [0.3, 0.4) is 0 Å². The van der Waals surface area contributed by atoms with Gasteiger partial charge in [0.2, 0.25) is 0 Å². The fraction of sp³-hybridized carbons (Fsp3) is 0.0952. The summed E-state index contributed by atoms with van der Waals surface area (Å²) in [6.07, 6.45) is 2.63. The molecule has 8 nitrogen and oxygen atoms in total. The quantitative estimate of drug-likeness (QED) is 0.447. The number of aromatic nitrogens is 3. The number of sulfonamides is 1. The van der Waals surface area contributed by atoms with Gasteiger partial charge in [0, 0.05) is 18.8 Å². The average Bonchev–Trinajstić information content (AvgIpc) is 3.36. The number of ether oxygens (including phenoxy) is 1. The Bertz CT molecular complexity index is 1450. The van der Waals surface area contributed by atoms with Crippen LogP contribution in [0, 0.1) is 23.4 Å². The fourth-order valence-electron chi connectivity index (χ4n) is 3.03. The first-order valence-electron chi connectivity index (χ1n) is 9.22. The molecule has 2 heterocycles. The number of nitrogens with zero attached hydrogens (tertiary/aromatic N) is 4. The third-order valence-electron chi connectivity index (χ3n) is 4.59. The number of nitriles is 1. The van der Waals surface area contributed by atoms with Gasteiger partial charge in [-0.25, -0.2) is 13.4 Å². The Morgan fingerprint density at radius 3 is 2.59 bits per heavy atom. The molecular weight excluding hydrogens is 453 g/mol. The topological polar surface area (TPSA) is 110 Å². The Kier molecular flexibility index (Phi) is 5.65. The highest BCUT2D eigenvalue weighted by Crippen LogP contribution is 2.32. The van der Waals surface area contributed by atoms with E-state index in [1.54, 1.807) is 16.9 Å². The maximum absolute atomic E-state index is 13.1. The smallest absolute Gasteiger partial charge is 0.263 e. The number of anilines is 1. The molecule has 0 atom stereocenters. The molecule has 4 aromatic rings. The van der Waals surface area contributed by atoms with Crippen LogP contribution in [0.15, 0.2) is 59.8 Å². The molecule has 0 bridgehead atoms. The SMILES string of the molecule is Cc1cc(-c2ccnn2C)ccc1Oc1ccc(S(=O)(=O)Nc2ncc(F)s2)cc1C#N. The van der Waals surface area contributed by atoms with Gasteiger partial charge in [0.15, 0.2) is 10.3 Å². The molecule has 32 heavy (non-hydrogen) atoms. The number of benzene rings is 2. The second-order valence-electron chi connectivity index (χ2n) is 6.77. The molecule has 0 aliphatic carbocycles. The Labute approximate surface area is 187 Å². The molecule has 0 aliphatic heterocycles. The van der Waals surface area contributed by atoms with Gasteiger partial charge in [-0.05, 0) is 55.0 Å². The summed E-state index contributed by atoms with van der Waals surface area (Å²) >= 11 is 0.563. The zero-order valence-electron chi connectivity index (χ0n) is 16.9. The lowest BCUT2D eigenvalue weighted by Gasteiger charge is -2.13. The lowest BCUT2D eigenvalue weighted by atomic mass is 10.1. The van der Waals surface area contributed by atoms with E-state index in [-0.39, 0.29) is 21.3 Å². The molecule has 0 aliphatic rings. The first kappa shape index (κ1) is 21.5. The Morgan fingerprint density at radius 2 is 1.97 bits per heavy atom. The van der Waals surface area contributed by atoms with Crippen LogP contribution in [-0.2, 0) is 17.1 Å². The third-order valence-corrected chi connectivity index (χ3v) is 6.76. The van der Waals surface area contributed by atoms with E-state index in [1.165, 1.54) is 18.2 Å². The molecule has 0 fully saturated rings. The monoisotopic (exact) mass is 469 g/mol. The summed E-state index contributed by atoms with van der Waals surface area (Å²) in [4.78, 5) is 3.47. The number of halogens is 1. The van der Waals surface area contributed by atoms with Crippen molar-refractivity contribution in [3.63, 3.8) is 0 Å². The summed E-state index contributed by atoms with van der Waals surface area (Å²) < 4.78 is 48.1. The summed E-state index contributed by atoms with van der Waals surface area (Å²) in [7, 11) is -2.20. The molecule has 2 aromatic carbocycles. The van der Waals surface area contributed by atoms with E-state index in [2.05, 4.69) is 14.8 Å². The van der Waals surface area contributed by atoms with Gasteiger partial charge in [0.25, 0.3) is 10.0 Å². The molecule has 0 saturated heterocycles. The maximum Gasteiger partial charge on any atom is 0.263 e. The highest BCUT2D eigenvalue weighted by molar-refractivity contribution is 7.93. The van der Waals surface area contributed by atoms with E-state index in [0.29, 0.717) is 17.1 Å². The number of thiazole rings is 1. The molecule has 11 heteroatoms. The van der Waals surface area contributed by atoms with Crippen molar-refractivity contribution in [3.05, 3.63) is 71.1 Å². The van der Waals surface area contributed by atoms with Crippen LogP contribution in [0.1, 0.15) is 11.1 Å². The van der Waals surface area contributed by atoms with Gasteiger partial charge in [-0.1, -0.05) is 11.3 Å². The van der Waals surface area contributed by atoms with E-state index >= 15 is 0 Å². The minimum absolute atomic E-state index is 0.0355. The van der Waals surface area contributed by atoms with Crippen LogP contribution in [0.4, 0.5) is 9.52 Å². The second-order valence-corrected chi connectivity index (χ2v) is 9.43. The molecule has 2 aromatic heterocycles. The van der Waals surface area contributed by atoms with E-state index in [1.807, 2.05) is 38.2 Å². The van der Waals surface area contributed by atoms with E-state index in [4.69, 9.17) is 4.74 Å². The molecule has 0 spiro atoms. The van der Waals surface area contributed by atoms with Crippen LogP contribution in [0.25, 0.3) is 11.3 Å². The minimum atomic E-state index is -4.05. The molecule has 0 amide bonds. The standard InChI is InChI=1S/C21H16FN5O3S2/c1-13-9-14(17-7-8-25-27(17)2)3-5-18(13)30-19-6-4-16(10-15(19)11-23)32(28,29)26-21-24-12-20(22)31-21/h3-10,12H,1-2H3,(H,24,26). The molecule has 0 radical (unpaired) electrons. The van der Waals surface area contributed by atoms with Crippen LogP contribution in [0.2, 0.25) is 0 Å². The molecular formula is C21H16FN5O3S2. The Hall–Kier alpha value is -3.75. The van der Waals surface area contributed by atoms with Gasteiger partial charge < -0.3 is 4.74 Å². The molecule has 1 N–H and O–H groups in total. The lowest BCUT2D eigenvalue weighted by Crippen LogP contribution is -2.13. The first-order chi connectivity index (χ1) is 15.3. The highest BCUT2D eigenvalue weighted by Gasteiger charge is 2.19. The summed E-state index contributed by atoms with van der Waals surface area (Å²) in [6.45, 7) is 1.87. The van der Waals surface area contributed by atoms with Crippen molar-refractivity contribution in [1.29, 1.82) is 5.26 Å². The van der Waals surface area contributed by atoms with Gasteiger partial charge in [-0.2, -0.15) is 14.8 Å². The van der Waals surface area contributed by atoms with Crippen molar-refractivity contribution < 1.29 is 17.5 Å². The number of aryl methyl sites for hydroxylation is 2. The summed E-state index contributed by atoms with van der Waals surface area (Å²) in [5.41, 5.74) is 2.77. The fourth-order valence-corrected chi connectivity index (χ4v) is 4.84. The van der Waals surface area contributed by atoms with E-state index in [0.717, 1.165) is 23.0 Å². The van der Waals surface area contributed by atoms with Crippen molar-refractivity contribution in [2.24, 2.45) is 7.05 Å². The maximum atomic E-state index is 13.1. The summed E-state index contributed by atoms with van der Waals surface area (Å²) in [5.74, 6) is 0.738. The molecule has 4 rings (SSSR count). The highest BCUT2D eigenvalue weighted by atomic mass is 32.2.